The van der Waals surface area contributed by atoms with Gasteiger partial charge in [-0.1, -0.05) is 0 Å². The largest absolute Gasteiger partial charge is 0.342 e. The molecule has 132 valence electrons. The first kappa shape index (κ1) is 16.1. The van der Waals surface area contributed by atoms with E-state index in [0.29, 0.717) is 12.5 Å². The van der Waals surface area contributed by atoms with Gasteiger partial charge in [0.1, 0.15) is 0 Å². The van der Waals surface area contributed by atoms with Gasteiger partial charge in [-0.25, -0.2) is 9.97 Å². The van der Waals surface area contributed by atoms with Crippen LogP contribution in [0.1, 0.15) is 37.3 Å². The van der Waals surface area contributed by atoms with Crippen LogP contribution < -0.4 is 4.90 Å². The maximum absolute atomic E-state index is 13.1. The summed E-state index contributed by atoms with van der Waals surface area (Å²) in [5.41, 5.74) is 1.14. The number of carbonyl (C=O) groups is 1. The number of amides is 1. The molecular weight excluding hydrogens is 316 g/mol. The molecule has 1 N–H and O–H groups in total. The average Bonchev–Trinajstić information content (AvgIpc) is 3.23. The number of nitrogens with zero attached hydrogens (tertiary/aromatic N) is 5. The second-order valence-corrected chi connectivity index (χ2v) is 6.97. The normalized spacial score (nSPS) is 24.3. The lowest BCUT2D eigenvalue weighted by atomic mass is 9.91. The number of carbonyl (C=O) groups excluding carboxylic acids is 1. The number of aromatic nitrogens is 4. The Bertz CT molecular complexity index is 689. The second-order valence-electron chi connectivity index (χ2n) is 6.97. The Morgan fingerprint density at radius 2 is 1.92 bits per heavy atom. The summed E-state index contributed by atoms with van der Waals surface area (Å²) in [6.07, 6.45) is 9.42. The molecule has 2 saturated heterocycles. The fourth-order valence-electron chi connectivity index (χ4n) is 4.00. The van der Waals surface area contributed by atoms with Gasteiger partial charge in [-0.2, -0.15) is 5.10 Å². The van der Waals surface area contributed by atoms with Gasteiger partial charge in [0.15, 0.2) is 0 Å². The third-order valence-electron chi connectivity index (χ3n) is 5.30. The number of hydrogen-bond donors (Lipinski definition) is 1. The van der Waals surface area contributed by atoms with Crippen molar-refractivity contribution in [1.29, 1.82) is 0 Å². The van der Waals surface area contributed by atoms with Gasteiger partial charge in [0, 0.05) is 56.4 Å². The zero-order valence-electron chi connectivity index (χ0n) is 14.3. The zero-order valence-corrected chi connectivity index (χ0v) is 14.3. The van der Waals surface area contributed by atoms with Crippen molar-refractivity contribution in [3.05, 3.63) is 36.4 Å². The van der Waals surface area contributed by atoms with E-state index in [-0.39, 0.29) is 11.8 Å². The number of anilines is 1. The van der Waals surface area contributed by atoms with E-state index in [0.717, 1.165) is 57.0 Å². The second kappa shape index (κ2) is 7.21. The maximum Gasteiger partial charge on any atom is 0.227 e. The molecule has 4 heterocycles. The third kappa shape index (κ3) is 3.50. The number of piperidine rings is 2. The Morgan fingerprint density at radius 1 is 1.08 bits per heavy atom. The molecule has 25 heavy (non-hydrogen) atoms. The minimum absolute atomic E-state index is 0.0399. The summed E-state index contributed by atoms with van der Waals surface area (Å²) in [5.74, 6) is 1.43. The van der Waals surface area contributed by atoms with Gasteiger partial charge in [0.05, 0.1) is 5.92 Å². The van der Waals surface area contributed by atoms with Gasteiger partial charge in [0.2, 0.25) is 11.9 Å². The number of H-pyrrole nitrogens is 1. The van der Waals surface area contributed by atoms with Gasteiger partial charge in [-0.3, -0.25) is 9.89 Å². The first-order valence-electron chi connectivity index (χ1n) is 9.11. The summed E-state index contributed by atoms with van der Waals surface area (Å²) in [6, 6.07) is 3.84. The van der Waals surface area contributed by atoms with Crippen molar-refractivity contribution < 1.29 is 4.79 Å². The molecule has 7 heteroatoms. The van der Waals surface area contributed by atoms with Crippen LogP contribution in [-0.4, -0.2) is 57.2 Å². The molecule has 2 aromatic heterocycles. The molecule has 2 fully saturated rings. The van der Waals surface area contributed by atoms with Crippen molar-refractivity contribution in [3.63, 3.8) is 0 Å². The van der Waals surface area contributed by atoms with Crippen LogP contribution in [0.5, 0.6) is 0 Å². The van der Waals surface area contributed by atoms with E-state index in [1.54, 1.807) is 18.6 Å². The SMILES string of the molecule is O=C([C@H]1CCCN(c2ncccn2)C1)N1CCC[C@@H](c2ccn[nH]2)C1. The lowest BCUT2D eigenvalue weighted by molar-refractivity contribution is -0.137. The average molecular weight is 340 g/mol. The quantitative estimate of drug-likeness (QED) is 0.922. The molecular formula is C18H24N6O. The van der Waals surface area contributed by atoms with Crippen LogP contribution in [0.4, 0.5) is 5.95 Å². The van der Waals surface area contributed by atoms with Gasteiger partial charge >= 0.3 is 0 Å². The van der Waals surface area contributed by atoms with Gasteiger partial charge < -0.3 is 9.80 Å². The molecule has 7 nitrogen and oxygen atoms in total. The minimum atomic E-state index is 0.0399. The van der Waals surface area contributed by atoms with Crippen LogP contribution in [0.25, 0.3) is 0 Å². The summed E-state index contributed by atoms with van der Waals surface area (Å²) in [4.78, 5) is 25.9. The molecule has 0 saturated carbocycles. The van der Waals surface area contributed by atoms with Crippen LogP contribution in [0.15, 0.2) is 30.7 Å². The highest BCUT2D eigenvalue weighted by molar-refractivity contribution is 5.80. The van der Waals surface area contributed by atoms with E-state index in [2.05, 4.69) is 30.0 Å². The van der Waals surface area contributed by atoms with E-state index in [1.165, 1.54) is 0 Å². The molecule has 4 rings (SSSR count). The first-order chi connectivity index (χ1) is 12.3. The molecule has 0 bridgehead atoms. The predicted octanol–water partition coefficient (Wildman–Crippen LogP) is 1.82. The molecule has 2 atom stereocenters. The number of aromatic amines is 1. The van der Waals surface area contributed by atoms with Gasteiger partial charge in [-0.05, 0) is 37.8 Å². The Hall–Kier alpha value is -2.44. The monoisotopic (exact) mass is 340 g/mol. The highest BCUT2D eigenvalue weighted by Gasteiger charge is 2.33. The third-order valence-corrected chi connectivity index (χ3v) is 5.30. The Morgan fingerprint density at radius 3 is 2.72 bits per heavy atom. The Balaban J connectivity index is 1.41. The molecule has 2 aromatic rings. The van der Waals surface area contributed by atoms with E-state index in [1.807, 2.05) is 12.1 Å². The fraction of sp³-hybridized carbons (Fsp3) is 0.556. The van der Waals surface area contributed by atoms with Crippen LogP contribution >= 0.6 is 0 Å². The van der Waals surface area contributed by atoms with Gasteiger partial charge in [0.25, 0.3) is 0 Å². The van der Waals surface area contributed by atoms with E-state index < -0.39 is 0 Å². The summed E-state index contributed by atoms with van der Waals surface area (Å²) < 4.78 is 0. The number of nitrogens with one attached hydrogen (secondary N) is 1. The van der Waals surface area contributed by atoms with Crippen molar-refractivity contribution in [1.82, 2.24) is 25.1 Å². The Labute approximate surface area is 147 Å². The smallest absolute Gasteiger partial charge is 0.227 e. The predicted molar refractivity (Wildman–Crippen MR) is 94.1 cm³/mol. The summed E-state index contributed by atoms with van der Waals surface area (Å²) in [7, 11) is 0. The summed E-state index contributed by atoms with van der Waals surface area (Å²) >= 11 is 0. The van der Waals surface area contributed by atoms with Crippen LogP contribution in [0.3, 0.4) is 0 Å². The molecule has 2 aliphatic rings. The van der Waals surface area contributed by atoms with Gasteiger partial charge in [-0.15, -0.1) is 0 Å². The number of likely N-dealkylation sites (tertiary alicyclic amines) is 1. The van der Waals surface area contributed by atoms with E-state index in [4.69, 9.17) is 0 Å². The lowest BCUT2D eigenvalue weighted by Gasteiger charge is -2.38. The topological polar surface area (TPSA) is 78.0 Å². The van der Waals surface area contributed by atoms with Crippen molar-refractivity contribution in [2.45, 2.75) is 31.6 Å². The number of rotatable bonds is 3. The molecule has 0 aliphatic carbocycles. The summed E-state index contributed by atoms with van der Waals surface area (Å²) in [6.45, 7) is 3.29. The van der Waals surface area contributed by atoms with E-state index in [9.17, 15) is 4.79 Å². The van der Waals surface area contributed by atoms with Crippen LogP contribution in [0.2, 0.25) is 0 Å². The zero-order chi connectivity index (χ0) is 17.1. The summed E-state index contributed by atoms with van der Waals surface area (Å²) in [5, 5.41) is 7.11. The minimum Gasteiger partial charge on any atom is -0.342 e. The first-order valence-corrected chi connectivity index (χ1v) is 9.11. The molecule has 1 amide bonds. The molecule has 0 aromatic carbocycles. The Kier molecular flexibility index (Phi) is 4.63. The van der Waals surface area contributed by atoms with Crippen molar-refractivity contribution in [2.24, 2.45) is 5.92 Å². The fourth-order valence-corrected chi connectivity index (χ4v) is 4.00. The van der Waals surface area contributed by atoms with Crippen molar-refractivity contribution >= 4 is 11.9 Å². The van der Waals surface area contributed by atoms with Crippen LogP contribution in [0, 0.1) is 5.92 Å². The maximum atomic E-state index is 13.1. The highest BCUT2D eigenvalue weighted by Crippen LogP contribution is 2.28. The van der Waals surface area contributed by atoms with E-state index >= 15 is 0 Å². The molecule has 2 aliphatic heterocycles. The van der Waals surface area contributed by atoms with Crippen LogP contribution in [-0.2, 0) is 4.79 Å². The van der Waals surface area contributed by atoms with Crippen molar-refractivity contribution in [2.75, 3.05) is 31.1 Å². The molecule has 0 radical (unpaired) electrons. The highest BCUT2D eigenvalue weighted by atomic mass is 16.2. The number of hydrogen-bond acceptors (Lipinski definition) is 5. The van der Waals surface area contributed by atoms with Crippen molar-refractivity contribution in [3.8, 4) is 0 Å². The molecule has 0 unspecified atom stereocenters. The lowest BCUT2D eigenvalue weighted by Crippen LogP contribution is -2.48. The standard InChI is InChI=1S/C18H24N6O/c25-17(23-10-1-4-14(12-23)16-6-9-21-22-16)15-5-2-11-24(13-15)18-19-7-3-8-20-18/h3,6-9,14-15H,1-2,4-5,10-13H2,(H,21,22)/t14-,15+/m1/s1. The molecule has 0 spiro atoms.